The average Bonchev–Trinajstić information content (AvgIpc) is 3.24. The van der Waals surface area contributed by atoms with Crippen molar-refractivity contribution < 1.29 is 9.18 Å². The lowest BCUT2D eigenvalue weighted by Gasteiger charge is -2.06. The highest BCUT2D eigenvalue weighted by molar-refractivity contribution is 7.99. The Labute approximate surface area is 175 Å². The van der Waals surface area contributed by atoms with Crippen molar-refractivity contribution in [3.8, 4) is 11.4 Å². The molecule has 0 atom stereocenters. The van der Waals surface area contributed by atoms with Gasteiger partial charge in [0.25, 0.3) is 0 Å². The predicted molar refractivity (Wildman–Crippen MR) is 115 cm³/mol. The molecule has 0 aliphatic rings. The SMILES string of the molecule is O=C(CSc1nc2ccccc2c2nc(-c3ccccc3)nn12)c1ccc(F)cc1. The quantitative estimate of drug-likeness (QED) is 0.229. The van der Waals surface area contributed by atoms with E-state index in [4.69, 9.17) is 9.97 Å². The van der Waals surface area contributed by atoms with Gasteiger partial charge in [0.1, 0.15) is 5.82 Å². The van der Waals surface area contributed by atoms with Gasteiger partial charge < -0.3 is 0 Å². The lowest BCUT2D eigenvalue weighted by Crippen LogP contribution is -2.05. The van der Waals surface area contributed by atoms with Gasteiger partial charge in [-0.3, -0.25) is 4.79 Å². The minimum atomic E-state index is -0.367. The number of aromatic nitrogens is 4. The van der Waals surface area contributed by atoms with Gasteiger partial charge in [-0.1, -0.05) is 54.2 Å². The highest BCUT2D eigenvalue weighted by atomic mass is 32.2. The monoisotopic (exact) mass is 414 g/mol. The molecule has 5 aromatic rings. The summed E-state index contributed by atoms with van der Waals surface area (Å²) in [6, 6.07) is 23.0. The van der Waals surface area contributed by atoms with E-state index in [2.05, 4.69) is 5.10 Å². The maximum absolute atomic E-state index is 13.1. The van der Waals surface area contributed by atoms with E-state index in [1.807, 2.05) is 54.6 Å². The van der Waals surface area contributed by atoms with Gasteiger partial charge in [0.05, 0.1) is 11.3 Å². The highest BCUT2D eigenvalue weighted by Crippen LogP contribution is 2.26. The van der Waals surface area contributed by atoms with E-state index >= 15 is 0 Å². The predicted octanol–water partition coefficient (Wildman–Crippen LogP) is 5.06. The maximum atomic E-state index is 13.1. The minimum absolute atomic E-state index is 0.105. The third-order valence-electron chi connectivity index (χ3n) is 4.68. The number of thioether (sulfide) groups is 1. The number of ketones is 1. The molecule has 0 amide bonds. The van der Waals surface area contributed by atoms with Gasteiger partial charge in [-0.2, -0.15) is 4.52 Å². The molecule has 0 radical (unpaired) electrons. The lowest BCUT2D eigenvalue weighted by atomic mass is 10.1. The zero-order valence-electron chi connectivity index (χ0n) is 15.7. The second-order valence-corrected chi connectivity index (χ2v) is 7.61. The number of para-hydroxylation sites is 1. The molecule has 0 bridgehead atoms. The minimum Gasteiger partial charge on any atom is -0.293 e. The van der Waals surface area contributed by atoms with Crippen LogP contribution in [0.25, 0.3) is 27.9 Å². The molecule has 5 nitrogen and oxygen atoms in total. The van der Waals surface area contributed by atoms with E-state index in [1.165, 1.54) is 36.0 Å². The zero-order chi connectivity index (χ0) is 20.5. The first-order chi connectivity index (χ1) is 14.7. The van der Waals surface area contributed by atoms with Crippen molar-refractivity contribution in [2.75, 3.05) is 5.75 Å². The standard InChI is InChI=1S/C23H15FN4OS/c24-17-12-10-15(11-13-17)20(29)14-30-23-25-19-9-5-4-8-18(19)22-26-21(27-28(22)23)16-6-2-1-3-7-16/h1-13H,14H2. The lowest BCUT2D eigenvalue weighted by molar-refractivity contribution is 0.102. The molecule has 0 saturated heterocycles. The topological polar surface area (TPSA) is 60.2 Å². The summed E-state index contributed by atoms with van der Waals surface area (Å²) in [6.45, 7) is 0. The molecule has 30 heavy (non-hydrogen) atoms. The summed E-state index contributed by atoms with van der Waals surface area (Å²) in [5.74, 6) is 0.284. The zero-order valence-corrected chi connectivity index (χ0v) is 16.5. The number of hydrogen-bond donors (Lipinski definition) is 0. The van der Waals surface area contributed by atoms with Crippen LogP contribution in [0.4, 0.5) is 4.39 Å². The molecule has 0 unspecified atom stereocenters. The van der Waals surface area contributed by atoms with Crippen LogP contribution < -0.4 is 0 Å². The van der Waals surface area contributed by atoms with E-state index in [0.717, 1.165) is 16.5 Å². The Bertz CT molecular complexity index is 1370. The van der Waals surface area contributed by atoms with Crippen molar-refractivity contribution in [1.29, 1.82) is 0 Å². The van der Waals surface area contributed by atoms with Gasteiger partial charge in [-0.15, -0.1) is 5.10 Å². The smallest absolute Gasteiger partial charge is 0.192 e. The fourth-order valence-corrected chi connectivity index (χ4v) is 4.02. The molecular weight excluding hydrogens is 399 g/mol. The van der Waals surface area contributed by atoms with Crippen LogP contribution in [0.5, 0.6) is 0 Å². The molecule has 0 spiro atoms. The Morgan fingerprint density at radius 3 is 2.43 bits per heavy atom. The molecule has 2 heterocycles. The first kappa shape index (κ1) is 18.4. The average molecular weight is 414 g/mol. The number of Topliss-reactive ketones (excluding diaryl/α,β-unsaturated/α-hetero) is 1. The summed E-state index contributed by atoms with van der Waals surface area (Å²) in [6.07, 6.45) is 0. The van der Waals surface area contributed by atoms with Crippen LogP contribution >= 0.6 is 11.8 Å². The molecule has 5 rings (SSSR count). The first-order valence-electron chi connectivity index (χ1n) is 9.31. The molecule has 2 aromatic heterocycles. The third-order valence-corrected chi connectivity index (χ3v) is 5.61. The van der Waals surface area contributed by atoms with Gasteiger partial charge in [0, 0.05) is 16.5 Å². The van der Waals surface area contributed by atoms with E-state index in [9.17, 15) is 9.18 Å². The van der Waals surface area contributed by atoms with Gasteiger partial charge in [-0.25, -0.2) is 14.4 Å². The van der Waals surface area contributed by atoms with Crippen molar-refractivity contribution in [2.45, 2.75) is 5.16 Å². The summed E-state index contributed by atoms with van der Waals surface area (Å²) >= 11 is 1.29. The fraction of sp³-hybridized carbons (Fsp3) is 0.0435. The van der Waals surface area contributed by atoms with Gasteiger partial charge in [-0.05, 0) is 36.4 Å². The number of nitrogens with zero attached hydrogens (tertiary/aromatic N) is 4. The second kappa shape index (κ2) is 7.68. The summed E-state index contributed by atoms with van der Waals surface area (Å²) in [5, 5.41) is 6.12. The van der Waals surface area contributed by atoms with Crippen LogP contribution in [0.1, 0.15) is 10.4 Å². The number of fused-ring (bicyclic) bond motifs is 3. The van der Waals surface area contributed by atoms with E-state index in [0.29, 0.717) is 22.2 Å². The van der Waals surface area contributed by atoms with Gasteiger partial charge in [0.15, 0.2) is 22.4 Å². The number of carbonyl (C=O) groups excluding carboxylic acids is 1. The molecule has 7 heteroatoms. The van der Waals surface area contributed by atoms with E-state index in [-0.39, 0.29) is 17.4 Å². The van der Waals surface area contributed by atoms with Crippen molar-refractivity contribution in [2.24, 2.45) is 0 Å². The van der Waals surface area contributed by atoms with Crippen LogP contribution in [-0.2, 0) is 0 Å². The Kier molecular flexibility index (Phi) is 4.72. The Balaban J connectivity index is 1.55. The molecule has 0 saturated carbocycles. The number of carbonyl (C=O) groups is 1. The molecular formula is C23H15FN4OS. The van der Waals surface area contributed by atoms with Gasteiger partial charge >= 0.3 is 0 Å². The Hall–Kier alpha value is -3.58. The maximum Gasteiger partial charge on any atom is 0.192 e. The number of halogens is 1. The fourth-order valence-electron chi connectivity index (χ4n) is 3.18. The summed E-state index contributed by atoms with van der Waals surface area (Å²) < 4.78 is 14.8. The Morgan fingerprint density at radius 2 is 1.63 bits per heavy atom. The van der Waals surface area contributed by atoms with Crippen molar-refractivity contribution in [3.05, 3.63) is 90.2 Å². The number of hydrogen-bond acceptors (Lipinski definition) is 5. The van der Waals surface area contributed by atoms with Crippen molar-refractivity contribution >= 4 is 34.1 Å². The summed E-state index contributed by atoms with van der Waals surface area (Å²) in [7, 11) is 0. The van der Waals surface area contributed by atoms with Crippen LogP contribution in [-0.4, -0.2) is 31.1 Å². The molecule has 0 fully saturated rings. The first-order valence-corrected chi connectivity index (χ1v) is 10.3. The molecule has 3 aromatic carbocycles. The number of rotatable bonds is 5. The van der Waals surface area contributed by atoms with Gasteiger partial charge in [0.2, 0.25) is 0 Å². The Morgan fingerprint density at radius 1 is 0.900 bits per heavy atom. The van der Waals surface area contributed by atoms with Crippen LogP contribution in [0.3, 0.4) is 0 Å². The highest BCUT2D eigenvalue weighted by Gasteiger charge is 2.16. The molecule has 146 valence electrons. The normalized spacial score (nSPS) is 11.2. The molecule has 0 aliphatic carbocycles. The van der Waals surface area contributed by atoms with Crippen LogP contribution in [0.15, 0.2) is 84.0 Å². The van der Waals surface area contributed by atoms with Crippen LogP contribution in [0.2, 0.25) is 0 Å². The largest absolute Gasteiger partial charge is 0.293 e. The van der Waals surface area contributed by atoms with Crippen molar-refractivity contribution in [3.63, 3.8) is 0 Å². The summed E-state index contributed by atoms with van der Waals surface area (Å²) in [5.41, 5.74) is 2.85. The molecule has 0 N–H and O–H groups in total. The second-order valence-electron chi connectivity index (χ2n) is 6.67. The van der Waals surface area contributed by atoms with E-state index in [1.54, 1.807) is 4.52 Å². The molecule has 0 aliphatic heterocycles. The third kappa shape index (κ3) is 3.44. The summed E-state index contributed by atoms with van der Waals surface area (Å²) in [4.78, 5) is 22.0. The van der Waals surface area contributed by atoms with Crippen LogP contribution in [0, 0.1) is 5.82 Å². The van der Waals surface area contributed by atoms with Crippen molar-refractivity contribution in [1.82, 2.24) is 19.6 Å². The van der Waals surface area contributed by atoms with E-state index < -0.39 is 0 Å². The number of benzene rings is 3.